The number of benzene rings is 3. The summed E-state index contributed by atoms with van der Waals surface area (Å²) < 4.78 is 42.5. The maximum absolute atomic E-state index is 14.1. The maximum Gasteiger partial charge on any atom is 0.246 e. The quantitative estimate of drug-likeness (QED) is 0.411. The Bertz CT molecular complexity index is 1530. The molecule has 0 aromatic heterocycles. The van der Waals surface area contributed by atoms with Crippen LogP contribution in [0.2, 0.25) is 10.0 Å². The van der Waals surface area contributed by atoms with Crippen molar-refractivity contribution in [2.45, 2.75) is 24.8 Å². The first-order valence-electron chi connectivity index (χ1n) is 13.1. The fourth-order valence-corrected chi connectivity index (χ4v) is 7.61. The molecule has 212 valence electrons. The Hall–Kier alpha value is -2.85. The highest BCUT2D eigenvalue weighted by molar-refractivity contribution is 7.89. The lowest BCUT2D eigenvalue weighted by molar-refractivity contribution is -0.133. The molecule has 0 N–H and O–H groups in total. The Kier molecular flexibility index (Phi) is 8.29. The van der Waals surface area contributed by atoms with Crippen LogP contribution in [-0.4, -0.2) is 75.4 Å². The number of rotatable bonds is 5. The molecule has 0 aliphatic carbocycles. The van der Waals surface area contributed by atoms with Crippen LogP contribution in [0.4, 0.5) is 15.8 Å². The van der Waals surface area contributed by atoms with Gasteiger partial charge in [0.1, 0.15) is 16.8 Å². The van der Waals surface area contributed by atoms with Gasteiger partial charge in [0.2, 0.25) is 15.9 Å². The van der Waals surface area contributed by atoms with E-state index in [4.69, 9.17) is 23.2 Å². The molecule has 2 heterocycles. The minimum atomic E-state index is -3.94. The lowest BCUT2D eigenvalue weighted by Gasteiger charge is -2.45. The molecular weight excluding hydrogens is 574 g/mol. The van der Waals surface area contributed by atoms with Crippen LogP contribution in [0.25, 0.3) is 0 Å². The van der Waals surface area contributed by atoms with Crippen molar-refractivity contribution in [3.63, 3.8) is 0 Å². The molecule has 11 heteroatoms. The highest BCUT2D eigenvalue weighted by Crippen LogP contribution is 2.31. The lowest BCUT2D eigenvalue weighted by atomic mass is 10.1. The Labute approximate surface area is 244 Å². The number of carbonyl (C=O) groups is 1. The molecule has 2 saturated heterocycles. The third-order valence-electron chi connectivity index (χ3n) is 7.65. The van der Waals surface area contributed by atoms with Gasteiger partial charge in [-0.05, 0) is 67.4 Å². The van der Waals surface area contributed by atoms with Crippen LogP contribution in [0.15, 0.2) is 65.6 Å². The standard InChI is InChI=1S/C29H31Cl2FN4O3S/c1-20-7-8-22(30)18-26(20)33-11-13-34(14-12-33)29(37)27-19-35(40(38,39)28-6-4-3-5-24(28)31)15-16-36(27)25-10-9-23(32)17-21(25)2/h3-10,17-18,27H,11-16,19H2,1-2H3. The predicted octanol–water partition coefficient (Wildman–Crippen LogP) is 4.98. The smallest absolute Gasteiger partial charge is 0.246 e. The first kappa shape index (κ1) is 28.7. The van der Waals surface area contributed by atoms with Crippen molar-refractivity contribution >= 4 is 50.5 Å². The van der Waals surface area contributed by atoms with Crippen molar-refractivity contribution < 1.29 is 17.6 Å². The average Bonchev–Trinajstić information content (AvgIpc) is 2.94. The molecule has 0 saturated carbocycles. The minimum absolute atomic E-state index is 0.0137. The van der Waals surface area contributed by atoms with Crippen LogP contribution in [0.5, 0.6) is 0 Å². The molecule has 1 atom stereocenters. The number of halogens is 3. The Morgan fingerprint density at radius 1 is 0.850 bits per heavy atom. The van der Waals surface area contributed by atoms with Gasteiger partial charge in [-0.15, -0.1) is 0 Å². The van der Waals surface area contributed by atoms with Crippen LogP contribution in [0, 0.1) is 19.7 Å². The number of hydrogen-bond donors (Lipinski definition) is 0. The summed E-state index contributed by atoms with van der Waals surface area (Å²) >= 11 is 12.5. The van der Waals surface area contributed by atoms with E-state index >= 15 is 0 Å². The molecule has 0 bridgehead atoms. The van der Waals surface area contributed by atoms with Crippen molar-refractivity contribution in [2.75, 3.05) is 55.6 Å². The zero-order valence-electron chi connectivity index (χ0n) is 22.4. The van der Waals surface area contributed by atoms with E-state index in [2.05, 4.69) is 4.90 Å². The molecule has 1 amide bonds. The lowest BCUT2D eigenvalue weighted by Crippen LogP contribution is -2.62. The normalized spacial score (nSPS) is 18.7. The molecule has 40 heavy (non-hydrogen) atoms. The molecule has 2 aliphatic rings. The fourth-order valence-electron chi connectivity index (χ4n) is 5.51. The summed E-state index contributed by atoms with van der Waals surface area (Å²) in [5, 5.41) is 0.793. The van der Waals surface area contributed by atoms with Gasteiger partial charge in [-0.3, -0.25) is 4.79 Å². The van der Waals surface area contributed by atoms with E-state index in [0.29, 0.717) is 42.5 Å². The number of anilines is 2. The molecule has 2 aliphatic heterocycles. The van der Waals surface area contributed by atoms with Gasteiger partial charge in [0, 0.05) is 62.2 Å². The van der Waals surface area contributed by atoms with Gasteiger partial charge in [0.25, 0.3) is 0 Å². The summed E-state index contributed by atoms with van der Waals surface area (Å²) in [4.78, 5) is 20.0. The molecule has 0 radical (unpaired) electrons. The molecule has 2 fully saturated rings. The summed E-state index contributed by atoms with van der Waals surface area (Å²) in [7, 11) is -3.94. The van der Waals surface area contributed by atoms with Crippen LogP contribution in [0.3, 0.4) is 0 Å². The van der Waals surface area contributed by atoms with Crippen LogP contribution < -0.4 is 9.80 Å². The van der Waals surface area contributed by atoms with E-state index in [0.717, 1.165) is 11.3 Å². The van der Waals surface area contributed by atoms with E-state index in [1.165, 1.54) is 28.6 Å². The number of carbonyl (C=O) groups excluding carboxylic acids is 1. The number of hydrogen-bond acceptors (Lipinski definition) is 5. The fraction of sp³-hybridized carbons (Fsp3) is 0.345. The van der Waals surface area contributed by atoms with E-state index in [1.807, 2.05) is 30.0 Å². The van der Waals surface area contributed by atoms with Gasteiger partial charge in [0.15, 0.2) is 0 Å². The van der Waals surface area contributed by atoms with Gasteiger partial charge in [-0.25, -0.2) is 12.8 Å². The van der Waals surface area contributed by atoms with E-state index in [-0.39, 0.29) is 41.3 Å². The molecule has 0 spiro atoms. The van der Waals surface area contributed by atoms with Crippen molar-refractivity contribution in [3.05, 3.63) is 87.7 Å². The molecule has 1 unspecified atom stereocenters. The zero-order chi connectivity index (χ0) is 28.6. The topological polar surface area (TPSA) is 64.2 Å². The third kappa shape index (κ3) is 5.65. The number of amides is 1. The summed E-state index contributed by atoms with van der Waals surface area (Å²) in [6.45, 7) is 6.42. The van der Waals surface area contributed by atoms with Crippen LogP contribution in [-0.2, 0) is 14.8 Å². The van der Waals surface area contributed by atoms with Gasteiger partial charge in [-0.2, -0.15) is 4.31 Å². The second kappa shape index (κ2) is 11.6. The molecular formula is C29H31Cl2FN4O3S. The number of aryl methyl sites for hydroxylation is 2. The average molecular weight is 606 g/mol. The first-order chi connectivity index (χ1) is 19.1. The predicted molar refractivity (Wildman–Crippen MR) is 157 cm³/mol. The van der Waals surface area contributed by atoms with Gasteiger partial charge in [-0.1, -0.05) is 41.4 Å². The maximum atomic E-state index is 14.1. The highest BCUT2D eigenvalue weighted by Gasteiger charge is 2.41. The second-order valence-corrected chi connectivity index (χ2v) is 12.9. The number of sulfonamides is 1. The van der Waals surface area contributed by atoms with E-state index < -0.39 is 16.1 Å². The molecule has 3 aromatic carbocycles. The SMILES string of the molecule is Cc1ccc(Cl)cc1N1CCN(C(=O)C2CN(S(=O)(=O)c3ccccc3Cl)CCN2c2ccc(F)cc2C)CC1. The largest absolute Gasteiger partial charge is 0.368 e. The Morgan fingerprint density at radius 2 is 1.57 bits per heavy atom. The monoisotopic (exact) mass is 604 g/mol. The summed E-state index contributed by atoms with van der Waals surface area (Å²) in [6.07, 6.45) is 0. The molecule has 7 nitrogen and oxygen atoms in total. The summed E-state index contributed by atoms with van der Waals surface area (Å²) in [5.41, 5.74) is 3.54. The third-order valence-corrected chi connectivity index (χ3v) is 10.3. The number of piperazine rings is 2. The zero-order valence-corrected chi connectivity index (χ0v) is 24.7. The number of nitrogens with zero attached hydrogens (tertiary/aromatic N) is 4. The summed E-state index contributed by atoms with van der Waals surface area (Å²) in [6, 6.07) is 15.8. The van der Waals surface area contributed by atoms with Crippen molar-refractivity contribution in [2.24, 2.45) is 0 Å². The van der Waals surface area contributed by atoms with Crippen molar-refractivity contribution in [1.82, 2.24) is 9.21 Å². The first-order valence-corrected chi connectivity index (χ1v) is 15.3. The van der Waals surface area contributed by atoms with Gasteiger partial charge in [0.05, 0.1) is 5.02 Å². The second-order valence-electron chi connectivity index (χ2n) is 10.2. The minimum Gasteiger partial charge on any atom is -0.368 e. The highest BCUT2D eigenvalue weighted by atomic mass is 35.5. The van der Waals surface area contributed by atoms with Gasteiger partial charge < -0.3 is 14.7 Å². The van der Waals surface area contributed by atoms with E-state index in [9.17, 15) is 17.6 Å². The Morgan fingerprint density at radius 3 is 2.27 bits per heavy atom. The van der Waals surface area contributed by atoms with Crippen LogP contribution in [0.1, 0.15) is 11.1 Å². The van der Waals surface area contributed by atoms with Crippen molar-refractivity contribution in [1.29, 1.82) is 0 Å². The van der Waals surface area contributed by atoms with E-state index in [1.54, 1.807) is 30.0 Å². The van der Waals surface area contributed by atoms with Gasteiger partial charge >= 0.3 is 0 Å². The molecule has 3 aromatic rings. The van der Waals surface area contributed by atoms with Crippen LogP contribution >= 0.6 is 23.2 Å². The summed E-state index contributed by atoms with van der Waals surface area (Å²) in [5.74, 6) is -0.526. The molecule has 5 rings (SSSR count). The Balaban J connectivity index is 1.41. The van der Waals surface area contributed by atoms with Crippen molar-refractivity contribution in [3.8, 4) is 0 Å².